The minimum Gasteiger partial charge on any atom is -0.444 e. The van der Waals surface area contributed by atoms with Crippen LogP contribution in [0.25, 0.3) is 0 Å². The van der Waals surface area contributed by atoms with Crippen molar-refractivity contribution in [2.45, 2.75) is 65.4 Å². The van der Waals surface area contributed by atoms with Crippen molar-refractivity contribution in [3.63, 3.8) is 0 Å². The van der Waals surface area contributed by atoms with E-state index in [1.165, 1.54) is 11.1 Å². The molecule has 0 aromatic heterocycles. The number of carbonyl (C=O) groups is 2. The third-order valence-electron chi connectivity index (χ3n) is 4.80. The van der Waals surface area contributed by atoms with Crippen molar-refractivity contribution in [2.24, 2.45) is 5.92 Å². The molecule has 1 aliphatic rings. The molecule has 1 aromatic carbocycles. The van der Waals surface area contributed by atoms with Gasteiger partial charge in [0.05, 0.1) is 5.92 Å². The lowest BCUT2D eigenvalue weighted by Gasteiger charge is -2.33. The first kappa shape index (κ1) is 21.3. The Bertz CT molecular complexity index is 632. The number of nitrogens with zero attached hydrogens (tertiary/aromatic N) is 1. The van der Waals surface area contributed by atoms with Crippen LogP contribution in [0.2, 0.25) is 0 Å². The van der Waals surface area contributed by atoms with Gasteiger partial charge in [-0.05, 0) is 57.1 Å². The first-order valence-corrected chi connectivity index (χ1v) is 10.00. The predicted molar refractivity (Wildman–Crippen MR) is 108 cm³/mol. The molecule has 1 fully saturated rings. The highest BCUT2D eigenvalue weighted by molar-refractivity contribution is 5.80. The van der Waals surface area contributed by atoms with Gasteiger partial charge in [-0.15, -0.1) is 0 Å². The molecule has 150 valence electrons. The third kappa shape index (κ3) is 6.89. The van der Waals surface area contributed by atoms with E-state index in [4.69, 9.17) is 4.74 Å². The van der Waals surface area contributed by atoms with E-state index in [9.17, 15) is 9.59 Å². The molecule has 5 nitrogen and oxygen atoms in total. The van der Waals surface area contributed by atoms with E-state index in [0.717, 1.165) is 19.3 Å². The second kappa shape index (κ2) is 9.25. The molecule has 0 saturated carbocycles. The summed E-state index contributed by atoms with van der Waals surface area (Å²) in [4.78, 5) is 26.4. The molecule has 0 bridgehead atoms. The van der Waals surface area contributed by atoms with Gasteiger partial charge in [0.15, 0.2) is 0 Å². The highest BCUT2D eigenvalue weighted by Crippen LogP contribution is 2.20. The van der Waals surface area contributed by atoms with Crippen LogP contribution < -0.4 is 5.32 Å². The van der Waals surface area contributed by atoms with Crippen LogP contribution in [0.3, 0.4) is 0 Å². The molecule has 0 spiro atoms. The van der Waals surface area contributed by atoms with Crippen LogP contribution in [0.1, 0.15) is 64.5 Å². The number of likely N-dealkylation sites (tertiary alicyclic amines) is 1. The van der Waals surface area contributed by atoms with Crippen LogP contribution in [-0.2, 0) is 16.0 Å². The highest BCUT2D eigenvalue weighted by atomic mass is 16.6. The molecular formula is C22H34N2O3. The van der Waals surface area contributed by atoms with E-state index in [1.807, 2.05) is 20.8 Å². The van der Waals surface area contributed by atoms with Crippen LogP contribution in [0, 0.1) is 5.92 Å². The summed E-state index contributed by atoms with van der Waals surface area (Å²) in [7, 11) is 0. The Morgan fingerprint density at radius 1 is 1.22 bits per heavy atom. The van der Waals surface area contributed by atoms with Crippen molar-refractivity contribution < 1.29 is 14.3 Å². The summed E-state index contributed by atoms with van der Waals surface area (Å²) < 4.78 is 5.43. The van der Waals surface area contributed by atoms with Crippen molar-refractivity contribution in [3.05, 3.63) is 35.4 Å². The Balaban J connectivity index is 1.78. The third-order valence-corrected chi connectivity index (χ3v) is 4.80. The SMILES string of the molecule is CC(C)c1ccc(CCNC(=O)C2CCCN(C(=O)OC(C)(C)C)C2)cc1. The Hall–Kier alpha value is -2.04. The summed E-state index contributed by atoms with van der Waals surface area (Å²) >= 11 is 0. The van der Waals surface area contributed by atoms with Crippen molar-refractivity contribution in [2.75, 3.05) is 19.6 Å². The van der Waals surface area contributed by atoms with Crippen molar-refractivity contribution in [3.8, 4) is 0 Å². The van der Waals surface area contributed by atoms with E-state index in [-0.39, 0.29) is 17.9 Å². The number of benzene rings is 1. The Morgan fingerprint density at radius 2 is 1.89 bits per heavy atom. The number of hydrogen-bond acceptors (Lipinski definition) is 3. The van der Waals surface area contributed by atoms with Crippen LogP contribution in [-0.4, -0.2) is 42.1 Å². The van der Waals surface area contributed by atoms with E-state index in [2.05, 4.69) is 43.4 Å². The fourth-order valence-electron chi connectivity index (χ4n) is 3.23. The Kier molecular flexibility index (Phi) is 7.28. The van der Waals surface area contributed by atoms with Gasteiger partial charge < -0.3 is 15.0 Å². The van der Waals surface area contributed by atoms with Crippen molar-refractivity contribution in [1.82, 2.24) is 10.2 Å². The van der Waals surface area contributed by atoms with Gasteiger partial charge in [-0.3, -0.25) is 4.79 Å². The summed E-state index contributed by atoms with van der Waals surface area (Å²) in [5.74, 6) is 0.398. The van der Waals surface area contributed by atoms with Crippen molar-refractivity contribution in [1.29, 1.82) is 0 Å². The number of carbonyl (C=O) groups excluding carboxylic acids is 2. The zero-order valence-electron chi connectivity index (χ0n) is 17.4. The van der Waals surface area contributed by atoms with Crippen LogP contribution in [0.4, 0.5) is 4.79 Å². The van der Waals surface area contributed by atoms with Crippen LogP contribution in [0.5, 0.6) is 0 Å². The van der Waals surface area contributed by atoms with E-state index in [0.29, 0.717) is 25.6 Å². The molecular weight excluding hydrogens is 340 g/mol. The number of hydrogen-bond donors (Lipinski definition) is 1. The van der Waals surface area contributed by atoms with Gasteiger partial charge in [0.25, 0.3) is 0 Å². The molecule has 0 aliphatic carbocycles. The van der Waals surface area contributed by atoms with E-state index >= 15 is 0 Å². The van der Waals surface area contributed by atoms with Gasteiger partial charge in [-0.25, -0.2) is 4.79 Å². The Labute approximate surface area is 163 Å². The second-order valence-electron chi connectivity index (χ2n) is 8.70. The maximum absolute atomic E-state index is 12.5. The zero-order chi connectivity index (χ0) is 20.0. The fourth-order valence-corrected chi connectivity index (χ4v) is 3.23. The van der Waals surface area contributed by atoms with Gasteiger partial charge >= 0.3 is 6.09 Å². The summed E-state index contributed by atoms with van der Waals surface area (Å²) in [5.41, 5.74) is 2.03. The lowest BCUT2D eigenvalue weighted by molar-refractivity contribution is -0.126. The lowest BCUT2D eigenvalue weighted by Crippen LogP contribution is -2.47. The average molecular weight is 375 g/mol. The maximum Gasteiger partial charge on any atom is 0.410 e. The fraction of sp³-hybridized carbons (Fsp3) is 0.636. The smallest absolute Gasteiger partial charge is 0.410 e. The highest BCUT2D eigenvalue weighted by Gasteiger charge is 2.30. The molecule has 0 radical (unpaired) electrons. The van der Waals surface area contributed by atoms with Crippen molar-refractivity contribution >= 4 is 12.0 Å². The standard InChI is InChI=1S/C22H34N2O3/c1-16(2)18-10-8-17(9-11-18)12-13-23-20(25)19-7-6-14-24(15-19)21(26)27-22(3,4)5/h8-11,16,19H,6-7,12-15H2,1-5H3,(H,23,25). The molecule has 27 heavy (non-hydrogen) atoms. The molecule has 1 atom stereocenters. The number of nitrogens with one attached hydrogen (secondary N) is 1. The predicted octanol–water partition coefficient (Wildman–Crippen LogP) is 4.12. The van der Waals surface area contributed by atoms with E-state index < -0.39 is 5.60 Å². The van der Waals surface area contributed by atoms with Gasteiger partial charge in [-0.1, -0.05) is 38.1 Å². The topological polar surface area (TPSA) is 58.6 Å². The molecule has 1 saturated heterocycles. The number of ether oxygens (including phenoxy) is 1. The summed E-state index contributed by atoms with van der Waals surface area (Å²) in [6.07, 6.45) is 2.12. The molecule has 2 rings (SSSR count). The number of piperidine rings is 1. The van der Waals surface area contributed by atoms with Gasteiger partial charge in [0.1, 0.15) is 5.60 Å². The minimum absolute atomic E-state index is 0.0297. The molecule has 1 aliphatic heterocycles. The Morgan fingerprint density at radius 3 is 2.48 bits per heavy atom. The molecule has 1 aromatic rings. The van der Waals surface area contributed by atoms with E-state index in [1.54, 1.807) is 4.90 Å². The molecule has 1 N–H and O–H groups in total. The molecule has 1 heterocycles. The number of amides is 2. The summed E-state index contributed by atoms with van der Waals surface area (Å²) in [5, 5.41) is 3.03. The molecule has 1 unspecified atom stereocenters. The van der Waals surface area contributed by atoms with Crippen LogP contribution >= 0.6 is 0 Å². The normalized spacial score (nSPS) is 17.7. The van der Waals surface area contributed by atoms with Gasteiger partial charge in [-0.2, -0.15) is 0 Å². The monoisotopic (exact) mass is 374 g/mol. The lowest BCUT2D eigenvalue weighted by atomic mass is 9.97. The maximum atomic E-state index is 12.5. The molecule has 5 heteroatoms. The quantitative estimate of drug-likeness (QED) is 0.843. The zero-order valence-corrected chi connectivity index (χ0v) is 17.4. The summed E-state index contributed by atoms with van der Waals surface area (Å²) in [6, 6.07) is 8.57. The van der Waals surface area contributed by atoms with Gasteiger partial charge in [0, 0.05) is 19.6 Å². The largest absolute Gasteiger partial charge is 0.444 e. The minimum atomic E-state index is -0.516. The van der Waals surface area contributed by atoms with Crippen LogP contribution in [0.15, 0.2) is 24.3 Å². The average Bonchev–Trinajstić information content (AvgIpc) is 2.60. The number of rotatable bonds is 5. The first-order chi connectivity index (χ1) is 12.7. The first-order valence-electron chi connectivity index (χ1n) is 10.00. The second-order valence-corrected chi connectivity index (χ2v) is 8.70. The van der Waals surface area contributed by atoms with Gasteiger partial charge in [0.2, 0.25) is 5.91 Å². The molecule has 2 amide bonds. The summed E-state index contributed by atoms with van der Waals surface area (Å²) in [6.45, 7) is 11.6.